The van der Waals surface area contributed by atoms with Gasteiger partial charge >= 0.3 is 6.09 Å². The number of likely N-dealkylation sites (tertiary alicyclic amines) is 1. The standard InChI is InChI=1S/C19H27N3O4/c1-4-26-19(25)21-10-8-17(9-11-21)22(15(3)23)13-18(24)20-16-7-5-6-14(2)12-16/h5-7,12,17H,4,8-11,13H2,1-3H3,(H,20,24). The molecule has 0 spiro atoms. The number of amides is 3. The average Bonchev–Trinajstić information content (AvgIpc) is 2.60. The van der Waals surface area contributed by atoms with Gasteiger partial charge in [0.1, 0.15) is 6.54 Å². The van der Waals surface area contributed by atoms with Crippen LogP contribution in [0, 0.1) is 6.92 Å². The molecule has 1 aliphatic heterocycles. The summed E-state index contributed by atoms with van der Waals surface area (Å²) in [6.45, 7) is 6.59. The number of nitrogens with one attached hydrogen (secondary N) is 1. The van der Waals surface area contributed by atoms with Crippen LogP contribution in [0.3, 0.4) is 0 Å². The first-order valence-corrected chi connectivity index (χ1v) is 8.96. The smallest absolute Gasteiger partial charge is 0.409 e. The van der Waals surface area contributed by atoms with E-state index in [2.05, 4.69) is 5.32 Å². The monoisotopic (exact) mass is 361 g/mol. The minimum absolute atomic E-state index is 0.00729. The van der Waals surface area contributed by atoms with Crippen molar-refractivity contribution in [1.29, 1.82) is 0 Å². The fraction of sp³-hybridized carbons (Fsp3) is 0.526. The molecule has 0 bridgehead atoms. The molecular formula is C19H27N3O4. The summed E-state index contributed by atoms with van der Waals surface area (Å²) in [6, 6.07) is 7.48. The van der Waals surface area contributed by atoms with E-state index in [9.17, 15) is 14.4 Å². The van der Waals surface area contributed by atoms with Gasteiger partial charge in [-0.1, -0.05) is 12.1 Å². The van der Waals surface area contributed by atoms with Crippen LogP contribution in [0.15, 0.2) is 24.3 Å². The SMILES string of the molecule is CCOC(=O)N1CCC(N(CC(=O)Nc2cccc(C)c2)C(C)=O)CC1. The fourth-order valence-electron chi connectivity index (χ4n) is 3.15. The van der Waals surface area contributed by atoms with Crippen molar-refractivity contribution in [2.45, 2.75) is 39.7 Å². The van der Waals surface area contributed by atoms with E-state index in [1.165, 1.54) is 6.92 Å². The van der Waals surface area contributed by atoms with E-state index < -0.39 is 0 Å². The molecule has 0 unspecified atom stereocenters. The van der Waals surface area contributed by atoms with Crippen molar-refractivity contribution in [2.75, 3.05) is 31.6 Å². The van der Waals surface area contributed by atoms with Crippen LogP contribution in [0.4, 0.5) is 10.5 Å². The summed E-state index contributed by atoms with van der Waals surface area (Å²) in [5.41, 5.74) is 1.77. The number of nitrogens with zero attached hydrogens (tertiary/aromatic N) is 2. The van der Waals surface area contributed by atoms with Gasteiger partial charge in [0.2, 0.25) is 11.8 Å². The highest BCUT2D eigenvalue weighted by atomic mass is 16.6. The second kappa shape index (κ2) is 9.22. The van der Waals surface area contributed by atoms with E-state index in [0.29, 0.717) is 32.5 Å². The molecule has 3 amide bonds. The number of anilines is 1. The highest BCUT2D eigenvalue weighted by Gasteiger charge is 2.29. The first-order chi connectivity index (χ1) is 12.4. The lowest BCUT2D eigenvalue weighted by atomic mass is 10.0. The van der Waals surface area contributed by atoms with Crippen LogP contribution >= 0.6 is 0 Å². The normalized spacial score (nSPS) is 14.7. The van der Waals surface area contributed by atoms with Crippen LogP contribution in [0.2, 0.25) is 0 Å². The largest absolute Gasteiger partial charge is 0.450 e. The second-order valence-electron chi connectivity index (χ2n) is 6.48. The molecule has 7 nitrogen and oxygen atoms in total. The number of carbonyl (C=O) groups excluding carboxylic acids is 3. The van der Waals surface area contributed by atoms with Crippen LogP contribution in [-0.2, 0) is 14.3 Å². The van der Waals surface area contributed by atoms with E-state index >= 15 is 0 Å². The molecule has 1 aliphatic rings. The van der Waals surface area contributed by atoms with E-state index in [-0.39, 0.29) is 30.5 Å². The maximum Gasteiger partial charge on any atom is 0.409 e. The van der Waals surface area contributed by atoms with Crippen molar-refractivity contribution in [3.63, 3.8) is 0 Å². The number of carbonyl (C=O) groups is 3. The van der Waals surface area contributed by atoms with Crippen LogP contribution < -0.4 is 5.32 Å². The molecule has 0 aromatic heterocycles. The van der Waals surface area contributed by atoms with Gasteiger partial charge in [-0.2, -0.15) is 0 Å². The van der Waals surface area contributed by atoms with Crippen molar-refractivity contribution in [3.05, 3.63) is 29.8 Å². The molecule has 0 radical (unpaired) electrons. The van der Waals surface area contributed by atoms with Crippen molar-refractivity contribution >= 4 is 23.6 Å². The van der Waals surface area contributed by atoms with Crippen LogP contribution in [-0.4, -0.2) is 60.0 Å². The van der Waals surface area contributed by atoms with Gasteiger partial charge < -0.3 is 19.9 Å². The van der Waals surface area contributed by atoms with Crippen molar-refractivity contribution in [2.24, 2.45) is 0 Å². The fourth-order valence-corrected chi connectivity index (χ4v) is 3.15. The first-order valence-electron chi connectivity index (χ1n) is 8.96. The first kappa shape index (κ1) is 19.8. The molecule has 1 saturated heterocycles. The Bertz CT molecular complexity index is 654. The zero-order valence-electron chi connectivity index (χ0n) is 15.7. The third-order valence-corrected chi connectivity index (χ3v) is 4.45. The predicted molar refractivity (Wildman–Crippen MR) is 98.8 cm³/mol. The molecule has 0 atom stereocenters. The summed E-state index contributed by atoms with van der Waals surface area (Å²) in [5.74, 6) is -0.363. The Morgan fingerprint density at radius 1 is 1.27 bits per heavy atom. The van der Waals surface area contributed by atoms with Gasteiger partial charge in [0, 0.05) is 31.7 Å². The van der Waals surface area contributed by atoms with Crippen molar-refractivity contribution in [3.8, 4) is 0 Å². The molecular weight excluding hydrogens is 334 g/mol. The van der Waals surface area contributed by atoms with Gasteiger partial charge in [0.25, 0.3) is 0 Å². The van der Waals surface area contributed by atoms with E-state index in [4.69, 9.17) is 4.74 Å². The molecule has 1 N–H and O–H groups in total. The molecule has 0 saturated carbocycles. The van der Waals surface area contributed by atoms with Gasteiger partial charge in [-0.05, 0) is 44.4 Å². The zero-order valence-corrected chi connectivity index (χ0v) is 15.7. The number of piperidine rings is 1. The third-order valence-electron chi connectivity index (χ3n) is 4.45. The Balaban J connectivity index is 1.92. The van der Waals surface area contributed by atoms with Gasteiger partial charge in [0.05, 0.1) is 6.61 Å². The summed E-state index contributed by atoms with van der Waals surface area (Å²) in [6.07, 6.45) is 0.948. The number of ether oxygens (including phenoxy) is 1. The van der Waals surface area contributed by atoms with E-state index in [1.54, 1.807) is 16.7 Å². The quantitative estimate of drug-likeness (QED) is 0.873. The number of hydrogen-bond acceptors (Lipinski definition) is 4. The maximum absolute atomic E-state index is 12.3. The lowest BCUT2D eigenvalue weighted by Crippen LogP contribution is -2.50. The number of aryl methyl sites for hydroxylation is 1. The van der Waals surface area contributed by atoms with Gasteiger partial charge in [0.15, 0.2) is 0 Å². The number of hydrogen-bond donors (Lipinski definition) is 1. The van der Waals surface area contributed by atoms with Gasteiger partial charge in [-0.25, -0.2) is 4.79 Å². The molecule has 7 heteroatoms. The topological polar surface area (TPSA) is 79.0 Å². The minimum Gasteiger partial charge on any atom is -0.450 e. The summed E-state index contributed by atoms with van der Waals surface area (Å²) >= 11 is 0. The molecule has 1 heterocycles. The van der Waals surface area contributed by atoms with E-state index in [1.807, 2.05) is 31.2 Å². The molecule has 142 valence electrons. The highest BCUT2D eigenvalue weighted by molar-refractivity contribution is 5.94. The van der Waals surface area contributed by atoms with Crippen LogP contribution in [0.1, 0.15) is 32.3 Å². The lowest BCUT2D eigenvalue weighted by Gasteiger charge is -2.37. The Labute approximate surface area is 154 Å². The second-order valence-corrected chi connectivity index (χ2v) is 6.48. The van der Waals surface area contributed by atoms with Gasteiger partial charge in [-0.15, -0.1) is 0 Å². The molecule has 2 rings (SSSR count). The molecule has 1 aromatic carbocycles. The molecule has 0 aliphatic carbocycles. The zero-order chi connectivity index (χ0) is 19.1. The van der Waals surface area contributed by atoms with E-state index in [0.717, 1.165) is 11.3 Å². The third kappa shape index (κ3) is 5.47. The number of benzene rings is 1. The Kier molecular flexibility index (Phi) is 7.00. The van der Waals surface area contributed by atoms with Crippen molar-refractivity contribution < 1.29 is 19.1 Å². The van der Waals surface area contributed by atoms with Crippen LogP contribution in [0.25, 0.3) is 0 Å². The predicted octanol–water partition coefficient (Wildman–Crippen LogP) is 2.40. The Morgan fingerprint density at radius 3 is 2.54 bits per heavy atom. The number of rotatable bonds is 5. The summed E-state index contributed by atoms with van der Waals surface area (Å²) < 4.78 is 5.01. The highest BCUT2D eigenvalue weighted by Crippen LogP contribution is 2.18. The average molecular weight is 361 g/mol. The lowest BCUT2D eigenvalue weighted by molar-refractivity contribution is -0.136. The maximum atomic E-state index is 12.3. The van der Waals surface area contributed by atoms with Gasteiger partial charge in [-0.3, -0.25) is 9.59 Å². The summed E-state index contributed by atoms with van der Waals surface area (Å²) in [5, 5.41) is 2.83. The summed E-state index contributed by atoms with van der Waals surface area (Å²) in [4.78, 5) is 39.4. The minimum atomic E-state index is -0.322. The van der Waals surface area contributed by atoms with Crippen LogP contribution in [0.5, 0.6) is 0 Å². The molecule has 1 fully saturated rings. The molecule has 1 aromatic rings. The molecule has 26 heavy (non-hydrogen) atoms. The Morgan fingerprint density at radius 2 is 1.96 bits per heavy atom. The Hall–Kier alpha value is -2.57. The summed E-state index contributed by atoms with van der Waals surface area (Å²) in [7, 11) is 0. The van der Waals surface area contributed by atoms with Crippen molar-refractivity contribution in [1.82, 2.24) is 9.80 Å².